The lowest BCUT2D eigenvalue weighted by atomic mass is 10.1. The Balaban J connectivity index is 2.32. The van der Waals surface area contributed by atoms with E-state index in [0.717, 1.165) is 19.3 Å². The van der Waals surface area contributed by atoms with E-state index < -0.39 is 0 Å². The van der Waals surface area contributed by atoms with Gasteiger partial charge in [0.15, 0.2) is 0 Å². The van der Waals surface area contributed by atoms with Crippen LogP contribution in [0.3, 0.4) is 0 Å². The van der Waals surface area contributed by atoms with Crippen molar-refractivity contribution in [2.45, 2.75) is 33.1 Å². The van der Waals surface area contributed by atoms with Crippen molar-refractivity contribution >= 4 is 18.2 Å². The first kappa shape index (κ1) is 14.6. The molecule has 0 N–H and O–H groups in total. The summed E-state index contributed by atoms with van der Waals surface area (Å²) in [4.78, 5) is 0. The van der Waals surface area contributed by atoms with E-state index in [1.807, 2.05) is 0 Å². The zero-order chi connectivity index (χ0) is 15.4. The zero-order valence-corrected chi connectivity index (χ0v) is 13.4. The molecule has 1 heteroatoms. The van der Waals surface area contributed by atoms with Crippen LogP contribution in [0.5, 0.6) is 0 Å². The Hall–Kier alpha value is -2.28. The number of hydrogen-bond acceptors (Lipinski definition) is 0. The highest BCUT2D eigenvalue weighted by Gasteiger charge is 2.18. The molecule has 1 aromatic heterocycles. The molecule has 0 saturated heterocycles. The molecule has 0 saturated carbocycles. The van der Waals surface area contributed by atoms with Gasteiger partial charge in [0.05, 0.1) is 5.69 Å². The molecule has 112 valence electrons. The van der Waals surface area contributed by atoms with Crippen LogP contribution in [0.25, 0.3) is 23.9 Å². The molecular formula is C21H23N. The minimum atomic E-state index is 1.01. The predicted molar refractivity (Wildman–Crippen MR) is 97.2 cm³/mol. The molecule has 0 atom stereocenters. The highest BCUT2D eigenvalue weighted by Crippen LogP contribution is 2.32. The number of rotatable bonds is 4. The maximum absolute atomic E-state index is 2.40. The summed E-state index contributed by atoms with van der Waals surface area (Å²) >= 11 is 0. The molecule has 1 aromatic carbocycles. The van der Waals surface area contributed by atoms with Gasteiger partial charge < -0.3 is 4.57 Å². The molecule has 0 radical (unpaired) electrons. The number of allylic oxidation sites excluding steroid dienone is 3. The summed E-state index contributed by atoms with van der Waals surface area (Å²) in [7, 11) is 0. The lowest BCUT2D eigenvalue weighted by Crippen LogP contribution is -1.99. The van der Waals surface area contributed by atoms with Crippen LogP contribution in [0.4, 0.5) is 0 Å². The van der Waals surface area contributed by atoms with Crippen molar-refractivity contribution in [1.82, 2.24) is 4.57 Å². The highest BCUT2D eigenvalue weighted by molar-refractivity contribution is 5.75. The van der Waals surface area contributed by atoms with E-state index in [1.165, 1.54) is 28.2 Å². The SMILES string of the molecule is CC/C=C\c1c(CC)c2c(n1-c1ccccc1)C=CCC=C2. The molecular weight excluding hydrogens is 266 g/mol. The van der Waals surface area contributed by atoms with E-state index >= 15 is 0 Å². The lowest BCUT2D eigenvalue weighted by Gasteiger charge is -2.10. The van der Waals surface area contributed by atoms with Crippen molar-refractivity contribution in [3.8, 4) is 5.69 Å². The second-order valence-electron chi connectivity index (χ2n) is 5.54. The van der Waals surface area contributed by atoms with Gasteiger partial charge >= 0.3 is 0 Å². The quantitative estimate of drug-likeness (QED) is 0.661. The van der Waals surface area contributed by atoms with E-state index in [1.54, 1.807) is 0 Å². The molecule has 0 bridgehead atoms. The Labute approximate surface area is 133 Å². The van der Waals surface area contributed by atoms with Crippen LogP contribution in [0.1, 0.15) is 49.2 Å². The molecule has 1 nitrogen and oxygen atoms in total. The van der Waals surface area contributed by atoms with Crippen molar-refractivity contribution in [1.29, 1.82) is 0 Å². The van der Waals surface area contributed by atoms with Crippen LogP contribution < -0.4 is 0 Å². The number of para-hydroxylation sites is 1. The fraction of sp³-hybridized carbons (Fsp3) is 0.238. The Bertz CT molecular complexity index is 727. The third-order valence-electron chi connectivity index (χ3n) is 4.10. The number of benzene rings is 1. The summed E-state index contributed by atoms with van der Waals surface area (Å²) in [6.07, 6.45) is 16.7. The van der Waals surface area contributed by atoms with Crippen LogP contribution in [0.2, 0.25) is 0 Å². The lowest BCUT2D eigenvalue weighted by molar-refractivity contribution is 1.02. The van der Waals surface area contributed by atoms with Gasteiger partial charge in [-0.1, -0.05) is 56.4 Å². The molecule has 2 aromatic rings. The predicted octanol–water partition coefficient (Wildman–Crippen LogP) is 5.89. The van der Waals surface area contributed by atoms with Gasteiger partial charge in [0.2, 0.25) is 0 Å². The summed E-state index contributed by atoms with van der Waals surface area (Å²) in [5, 5.41) is 0. The average molecular weight is 289 g/mol. The molecule has 0 fully saturated rings. The molecule has 3 rings (SSSR count). The van der Waals surface area contributed by atoms with Crippen LogP contribution in [0, 0.1) is 0 Å². The molecule has 1 heterocycles. The number of fused-ring (bicyclic) bond motifs is 1. The molecule has 0 amide bonds. The first-order chi connectivity index (χ1) is 10.9. The van der Waals surface area contributed by atoms with E-state index in [0.29, 0.717) is 0 Å². The van der Waals surface area contributed by atoms with Crippen molar-refractivity contribution < 1.29 is 0 Å². The van der Waals surface area contributed by atoms with E-state index in [4.69, 9.17) is 0 Å². The first-order valence-corrected chi connectivity index (χ1v) is 8.19. The van der Waals surface area contributed by atoms with Crippen molar-refractivity contribution in [2.24, 2.45) is 0 Å². The molecule has 1 aliphatic carbocycles. The van der Waals surface area contributed by atoms with Crippen LogP contribution in [-0.4, -0.2) is 4.57 Å². The molecule has 1 aliphatic rings. The normalized spacial score (nSPS) is 13.5. The van der Waals surface area contributed by atoms with Gasteiger partial charge in [0.25, 0.3) is 0 Å². The van der Waals surface area contributed by atoms with Crippen LogP contribution in [-0.2, 0) is 6.42 Å². The van der Waals surface area contributed by atoms with Gasteiger partial charge in [0.1, 0.15) is 0 Å². The number of nitrogens with zero attached hydrogens (tertiary/aromatic N) is 1. The molecule has 0 spiro atoms. The van der Waals surface area contributed by atoms with Gasteiger partial charge in [-0.2, -0.15) is 0 Å². The Morgan fingerprint density at radius 3 is 2.55 bits per heavy atom. The number of hydrogen-bond donors (Lipinski definition) is 0. The number of aromatic nitrogens is 1. The fourth-order valence-corrected chi connectivity index (χ4v) is 3.10. The summed E-state index contributed by atoms with van der Waals surface area (Å²) in [6.45, 7) is 4.43. The van der Waals surface area contributed by atoms with Crippen LogP contribution in [0.15, 0.2) is 48.6 Å². The van der Waals surface area contributed by atoms with Gasteiger partial charge in [-0.25, -0.2) is 0 Å². The van der Waals surface area contributed by atoms with Gasteiger partial charge in [-0.15, -0.1) is 0 Å². The maximum atomic E-state index is 2.40. The third kappa shape index (κ3) is 2.59. The van der Waals surface area contributed by atoms with Crippen molar-refractivity contribution in [3.63, 3.8) is 0 Å². The zero-order valence-electron chi connectivity index (χ0n) is 13.4. The second-order valence-corrected chi connectivity index (χ2v) is 5.54. The molecule has 22 heavy (non-hydrogen) atoms. The average Bonchev–Trinajstić information content (AvgIpc) is 2.70. The monoisotopic (exact) mass is 289 g/mol. The standard InChI is InChI=1S/C21H23N/c1-3-5-15-20-18(4-2)19-14-10-7-11-16-21(19)22(20)17-12-8-6-9-13-17/h5-6,8-16H,3-4,7H2,1-2H3/b15-5-. The molecule has 0 unspecified atom stereocenters. The summed E-state index contributed by atoms with van der Waals surface area (Å²) in [6, 6.07) is 10.7. The topological polar surface area (TPSA) is 4.93 Å². The smallest absolute Gasteiger partial charge is 0.0534 e. The largest absolute Gasteiger partial charge is 0.310 e. The van der Waals surface area contributed by atoms with Crippen molar-refractivity contribution in [2.75, 3.05) is 0 Å². The maximum Gasteiger partial charge on any atom is 0.0534 e. The summed E-state index contributed by atoms with van der Waals surface area (Å²) in [5.74, 6) is 0. The highest BCUT2D eigenvalue weighted by atomic mass is 15.0. The minimum absolute atomic E-state index is 1.01. The van der Waals surface area contributed by atoms with E-state index in [-0.39, 0.29) is 0 Å². The van der Waals surface area contributed by atoms with Gasteiger partial charge in [0, 0.05) is 16.9 Å². The fourth-order valence-electron chi connectivity index (χ4n) is 3.10. The van der Waals surface area contributed by atoms with Gasteiger partial charge in [-0.3, -0.25) is 0 Å². The third-order valence-corrected chi connectivity index (χ3v) is 4.10. The minimum Gasteiger partial charge on any atom is -0.310 e. The Morgan fingerprint density at radius 1 is 1.05 bits per heavy atom. The van der Waals surface area contributed by atoms with Gasteiger partial charge in [-0.05, 0) is 49.1 Å². The van der Waals surface area contributed by atoms with Crippen LogP contribution >= 0.6 is 0 Å². The second kappa shape index (κ2) is 6.65. The summed E-state index contributed by atoms with van der Waals surface area (Å²) < 4.78 is 2.40. The van der Waals surface area contributed by atoms with E-state index in [2.05, 4.69) is 85.2 Å². The molecule has 0 aliphatic heterocycles. The first-order valence-electron chi connectivity index (χ1n) is 8.19. The Morgan fingerprint density at radius 2 is 1.82 bits per heavy atom. The Kier molecular flexibility index (Phi) is 4.43. The van der Waals surface area contributed by atoms with Crippen molar-refractivity contribution in [3.05, 3.63) is 71.1 Å². The van der Waals surface area contributed by atoms with E-state index in [9.17, 15) is 0 Å². The summed E-state index contributed by atoms with van der Waals surface area (Å²) in [5.41, 5.74) is 6.65.